The van der Waals surface area contributed by atoms with Gasteiger partial charge in [0.2, 0.25) is 5.91 Å². The summed E-state index contributed by atoms with van der Waals surface area (Å²) in [5.41, 5.74) is 0. The highest BCUT2D eigenvalue weighted by Gasteiger charge is 2.28. The summed E-state index contributed by atoms with van der Waals surface area (Å²) >= 11 is 0. The van der Waals surface area contributed by atoms with E-state index in [1.807, 2.05) is 28.8 Å². The van der Waals surface area contributed by atoms with Gasteiger partial charge in [0.25, 0.3) is 0 Å². The predicted octanol–water partition coefficient (Wildman–Crippen LogP) is 0.899. The zero-order chi connectivity index (χ0) is 13.9. The third kappa shape index (κ3) is 2.43. The van der Waals surface area contributed by atoms with Gasteiger partial charge in [-0.15, -0.1) is 0 Å². The van der Waals surface area contributed by atoms with Crippen molar-refractivity contribution in [2.75, 3.05) is 13.1 Å². The molecule has 0 N–H and O–H groups in total. The maximum absolute atomic E-state index is 12.5. The number of amides is 1. The molecule has 1 aliphatic rings. The van der Waals surface area contributed by atoms with Gasteiger partial charge in [0.05, 0.1) is 6.04 Å². The van der Waals surface area contributed by atoms with Crippen LogP contribution in [-0.2, 0) is 4.79 Å². The summed E-state index contributed by atoms with van der Waals surface area (Å²) in [4.78, 5) is 18.3. The van der Waals surface area contributed by atoms with Crippen molar-refractivity contribution >= 4 is 5.91 Å². The second-order valence-electron chi connectivity index (χ2n) is 5.12. The number of carbonyl (C=O) groups excluding carboxylic acids is 1. The summed E-state index contributed by atoms with van der Waals surface area (Å²) in [6, 6.07) is 1.87. The van der Waals surface area contributed by atoms with Crippen LogP contribution in [0.4, 0.5) is 0 Å². The molecule has 2 aromatic rings. The average molecular weight is 274 g/mol. The van der Waals surface area contributed by atoms with Crippen LogP contribution in [-0.4, -0.2) is 48.4 Å². The molecule has 0 aromatic carbocycles. The molecule has 0 spiro atoms. The second kappa shape index (κ2) is 5.44. The van der Waals surface area contributed by atoms with Crippen LogP contribution < -0.4 is 0 Å². The lowest BCUT2D eigenvalue weighted by Gasteiger charge is -2.34. The molecular weight excluding hydrogens is 256 g/mol. The van der Waals surface area contributed by atoms with Gasteiger partial charge in [-0.3, -0.25) is 9.48 Å². The number of likely N-dealkylation sites (tertiary alicyclic amines) is 1. The van der Waals surface area contributed by atoms with Crippen molar-refractivity contribution in [3.63, 3.8) is 0 Å². The van der Waals surface area contributed by atoms with Gasteiger partial charge >= 0.3 is 0 Å². The molecule has 2 aromatic heterocycles. The van der Waals surface area contributed by atoms with Gasteiger partial charge in [0.15, 0.2) is 0 Å². The van der Waals surface area contributed by atoms with Crippen molar-refractivity contribution in [3.05, 3.63) is 31.1 Å². The van der Waals surface area contributed by atoms with E-state index in [4.69, 9.17) is 0 Å². The van der Waals surface area contributed by atoms with Crippen molar-refractivity contribution in [1.82, 2.24) is 29.4 Å². The largest absolute Gasteiger partial charge is 0.339 e. The summed E-state index contributed by atoms with van der Waals surface area (Å²) in [7, 11) is 0. The first-order chi connectivity index (χ1) is 9.75. The molecule has 0 saturated carbocycles. The number of nitrogens with zero attached hydrogens (tertiary/aromatic N) is 6. The smallest absolute Gasteiger partial charge is 0.247 e. The zero-order valence-electron chi connectivity index (χ0n) is 11.5. The summed E-state index contributed by atoms with van der Waals surface area (Å²) in [5.74, 6) is 0.0901. The van der Waals surface area contributed by atoms with Crippen molar-refractivity contribution in [2.24, 2.45) is 0 Å². The molecule has 2 atom stereocenters. The van der Waals surface area contributed by atoms with Crippen molar-refractivity contribution in [3.8, 4) is 0 Å². The molecular formula is C13H18N6O. The molecule has 1 saturated heterocycles. The number of rotatable bonds is 3. The van der Waals surface area contributed by atoms with Gasteiger partial charge in [-0.25, -0.2) is 9.67 Å². The lowest BCUT2D eigenvalue weighted by atomic mass is 10.1. The monoisotopic (exact) mass is 274 g/mol. The Morgan fingerprint density at radius 2 is 2.30 bits per heavy atom. The first kappa shape index (κ1) is 12.8. The Labute approximate surface area is 117 Å². The third-order valence-electron chi connectivity index (χ3n) is 3.80. The van der Waals surface area contributed by atoms with Crippen molar-refractivity contribution in [2.45, 2.75) is 31.8 Å². The number of piperidine rings is 1. The number of hydrogen-bond acceptors (Lipinski definition) is 4. The SMILES string of the molecule is C[C@H](C(=O)N1CCC[C@@H](n2cccn2)C1)n1cncn1. The first-order valence-electron chi connectivity index (χ1n) is 6.87. The fourth-order valence-corrected chi connectivity index (χ4v) is 2.66. The summed E-state index contributed by atoms with van der Waals surface area (Å²) in [6.07, 6.45) is 8.83. The molecule has 20 heavy (non-hydrogen) atoms. The highest BCUT2D eigenvalue weighted by atomic mass is 16.2. The highest BCUT2D eigenvalue weighted by Crippen LogP contribution is 2.22. The van der Waals surface area contributed by atoms with Gasteiger partial charge in [0, 0.05) is 25.5 Å². The van der Waals surface area contributed by atoms with Gasteiger partial charge in [-0.1, -0.05) is 0 Å². The van der Waals surface area contributed by atoms with Crippen LogP contribution in [0, 0.1) is 0 Å². The maximum Gasteiger partial charge on any atom is 0.247 e. The minimum absolute atomic E-state index is 0.0901. The molecule has 1 aliphatic heterocycles. The minimum atomic E-state index is -0.311. The molecule has 106 valence electrons. The van der Waals surface area contributed by atoms with Gasteiger partial charge in [-0.05, 0) is 25.8 Å². The van der Waals surface area contributed by atoms with Crippen molar-refractivity contribution in [1.29, 1.82) is 0 Å². The van der Waals surface area contributed by atoms with E-state index in [9.17, 15) is 4.79 Å². The van der Waals surface area contributed by atoms with E-state index < -0.39 is 0 Å². The Morgan fingerprint density at radius 3 is 3.00 bits per heavy atom. The molecule has 0 bridgehead atoms. The molecule has 1 amide bonds. The van der Waals surface area contributed by atoms with Crippen molar-refractivity contribution < 1.29 is 4.79 Å². The normalized spacial score (nSPS) is 20.9. The molecule has 0 unspecified atom stereocenters. The van der Waals surface area contributed by atoms with E-state index >= 15 is 0 Å². The van der Waals surface area contributed by atoms with Gasteiger partial charge in [0.1, 0.15) is 18.7 Å². The van der Waals surface area contributed by atoms with Crippen LogP contribution in [0.15, 0.2) is 31.1 Å². The van der Waals surface area contributed by atoms with Gasteiger partial charge < -0.3 is 4.90 Å². The van der Waals surface area contributed by atoms with E-state index in [-0.39, 0.29) is 18.0 Å². The predicted molar refractivity (Wildman–Crippen MR) is 71.8 cm³/mol. The zero-order valence-corrected chi connectivity index (χ0v) is 11.5. The molecule has 3 rings (SSSR count). The van der Waals surface area contributed by atoms with Crippen LogP contribution in [0.25, 0.3) is 0 Å². The summed E-state index contributed by atoms with van der Waals surface area (Å²) in [6.45, 7) is 3.36. The number of carbonyl (C=O) groups is 1. The molecule has 7 nitrogen and oxygen atoms in total. The molecule has 7 heteroatoms. The Morgan fingerprint density at radius 1 is 1.40 bits per heavy atom. The highest BCUT2D eigenvalue weighted by molar-refractivity contribution is 5.80. The van der Waals surface area contributed by atoms with Crippen LogP contribution in [0.3, 0.4) is 0 Å². The topological polar surface area (TPSA) is 68.8 Å². The van der Waals surface area contributed by atoms with Crippen LogP contribution in [0.2, 0.25) is 0 Å². The Bertz CT molecular complexity index is 549. The number of hydrogen-bond donors (Lipinski definition) is 0. The summed E-state index contributed by atoms with van der Waals surface area (Å²) < 4.78 is 3.54. The van der Waals surface area contributed by atoms with Crippen LogP contribution in [0.1, 0.15) is 31.8 Å². The minimum Gasteiger partial charge on any atom is -0.339 e. The van der Waals surface area contributed by atoms with E-state index in [2.05, 4.69) is 15.2 Å². The molecule has 3 heterocycles. The van der Waals surface area contributed by atoms with E-state index in [0.29, 0.717) is 6.54 Å². The lowest BCUT2D eigenvalue weighted by molar-refractivity contribution is -0.136. The standard InChI is InChI=1S/C13H18N6O/c1-11(19-10-14-9-16-19)13(20)17-6-2-4-12(8-17)18-7-3-5-15-18/h3,5,7,9-12H,2,4,6,8H2,1H3/t11-,12-/m1/s1. The Kier molecular flexibility index (Phi) is 3.49. The fraction of sp³-hybridized carbons (Fsp3) is 0.538. The second-order valence-corrected chi connectivity index (χ2v) is 5.12. The number of aromatic nitrogens is 5. The van der Waals surface area contributed by atoms with Gasteiger partial charge in [-0.2, -0.15) is 10.2 Å². The fourth-order valence-electron chi connectivity index (χ4n) is 2.66. The van der Waals surface area contributed by atoms with E-state index in [1.54, 1.807) is 17.2 Å². The average Bonchev–Trinajstić information content (AvgIpc) is 3.18. The Hall–Kier alpha value is -2.18. The van der Waals surface area contributed by atoms with Crippen LogP contribution >= 0.6 is 0 Å². The third-order valence-corrected chi connectivity index (χ3v) is 3.80. The van der Waals surface area contributed by atoms with E-state index in [0.717, 1.165) is 19.4 Å². The summed E-state index contributed by atoms with van der Waals surface area (Å²) in [5, 5.41) is 8.32. The molecule has 0 radical (unpaired) electrons. The quantitative estimate of drug-likeness (QED) is 0.834. The first-order valence-corrected chi connectivity index (χ1v) is 6.87. The molecule has 0 aliphatic carbocycles. The Balaban J connectivity index is 1.69. The lowest BCUT2D eigenvalue weighted by Crippen LogP contribution is -2.43. The van der Waals surface area contributed by atoms with E-state index in [1.165, 1.54) is 6.33 Å². The molecule has 1 fully saturated rings. The maximum atomic E-state index is 12.5. The van der Waals surface area contributed by atoms with Crippen LogP contribution in [0.5, 0.6) is 0 Å².